The number of H-pyrrole nitrogens is 1. The summed E-state index contributed by atoms with van der Waals surface area (Å²) in [6.07, 6.45) is 2.39. The minimum absolute atomic E-state index is 0.253. The van der Waals surface area contributed by atoms with Crippen LogP contribution in [-0.2, 0) is 6.42 Å². The number of benzene rings is 2. The van der Waals surface area contributed by atoms with Crippen molar-refractivity contribution in [1.82, 2.24) is 19.9 Å². The topological polar surface area (TPSA) is 74.1 Å². The molecule has 1 aliphatic rings. The molecule has 5 rings (SSSR count). The number of anilines is 1. The second-order valence-corrected chi connectivity index (χ2v) is 8.49. The first-order chi connectivity index (χ1) is 15.5. The van der Waals surface area contributed by atoms with Crippen molar-refractivity contribution in [3.05, 3.63) is 78.0 Å². The molecule has 6 nitrogen and oxygen atoms in total. The number of likely N-dealkylation sites (N-methyl/N-ethyl adjacent to an activating group) is 1. The number of piperazine rings is 1. The van der Waals surface area contributed by atoms with Crippen LogP contribution in [0.4, 0.5) is 10.2 Å². The lowest BCUT2D eigenvalue weighted by atomic mass is 10.1. The highest BCUT2D eigenvalue weighted by molar-refractivity contribution is 5.82. The van der Waals surface area contributed by atoms with Gasteiger partial charge >= 0.3 is 0 Å². The molecule has 1 aliphatic heterocycles. The number of nitrogens with one attached hydrogen (secondary N) is 1. The number of halogens is 1. The summed E-state index contributed by atoms with van der Waals surface area (Å²) in [6, 6.07) is 16.6. The van der Waals surface area contributed by atoms with Crippen LogP contribution in [-0.4, -0.2) is 53.1 Å². The summed E-state index contributed by atoms with van der Waals surface area (Å²) in [5.41, 5.74) is 11.2. The Morgan fingerprint density at radius 2 is 1.84 bits per heavy atom. The van der Waals surface area contributed by atoms with Crippen LogP contribution in [0, 0.1) is 5.82 Å². The quantitative estimate of drug-likeness (QED) is 0.504. The molecule has 1 atom stereocenters. The molecule has 1 fully saturated rings. The number of hydrogen-bond donors (Lipinski definition) is 2. The third-order valence-corrected chi connectivity index (χ3v) is 6.10. The largest absolute Gasteiger partial charge is 0.354 e. The van der Waals surface area contributed by atoms with E-state index in [-0.39, 0.29) is 11.9 Å². The van der Waals surface area contributed by atoms with Gasteiger partial charge in [0, 0.05) is 32.4 Å². The van der Waals surface area contributed by atoms with Crippen molar-refractivity contribution < 1.29 is 4.39 Å². The van der Waals surface area contributed by atoms with E-state index in [2.05, 4.69) is 50.0 Å². The number of fused-ring (bicyclic) bond motifs is 1. The molecule has 3 heterocycles. The normalized spacial score (nSPS) is 15.9. The molecule has 32 heavy (non-hydrogen) atoms. The van der Waals surface area contributed by atoms with Crippen LogP contribution in [0.3, 0.4) is 0 Å². The number of aromatic amines is 1. The van der Waals surface area contributed by atoms with Crippen molar-refractivity contribution >= 4 is 16.9 Å². The summed E-state index contributed by atoms with van der Waals surface area (Å²) in [5, 5.41) is 0. The molecular formula is C25H27FN6. The predicted octanol–water partition coefficient (Wildman–Crippen LogP) is 3.76. The van der Waals surface area contributed by atoms with Gasteiger partial charge in [-0.1, -0.05) is 18.2 Å². The Labute approximate surface area is 186 Å². The molecule has 7 heteroatoms. The van der Waals surface area contributed by atoms with E-state index in [0.29, 0.717) is 12.2 Å². The zero-order valence-corrected chi connectivity index (χ0v) is 18.1. The van der Waals surface area contributed by atoms with Gasteiger partial charge in [-0.15, -0.1) is 0 Å². The minimum Gasteiger partial charge on any atom is -0.354 e. The van der Waals surface area contributed by atoms with Crippen molar-refractivity contribution in [3.63, 3.8) is 0 Å². The maximum Gasteiger partial charge on any atom is 0.129 e. The van der Waals surface area contributed by atoms with Crippen LogP contribution >= 0.6 is 0 Å². The molecular weight excluding hydrogens is 403 g/mol. The first kappa shape index (κ1) is 20.6. The van der Waals surface area contributed by atoms with Gasteiger partial charge in [-0.3, -0.25) is 0 Å². The van der Waals surface area contributed by atoms with Gasteiger partial charge in [-0.05, 0) is 66.6 Å². The van der Waals surface area contributed by atoms with Crippen LogP contribution in [0.25, 0.3) is 22.2 Å². The van der Waals surface area contributed by atoms with E-state index in [1.807, 2.05) is 24.4 Å². The summed E-state index contributed by atoms with van der Waals surface area (Å²) in [4.78, 5) is 17.3. The Balaban J connectivity index is 1.38. The van der Waals surface area contributed by atoms with E-state index < -0.39 is 0 Å². The van der Waals surface area contributed by atoms with Crippen molar-refractivity contribution in [2.75, 3.05) is 38.1 Å². The summed E-state index contributed by atoms with van der Waals surface area (Å²) >= 11 is 0. The van der Waals surface area contributed by atoms with E-state index in [4.69, 9.17) is 5.73 Å². The van der Waals surface area contributed by atoms with Crippen molar-refractivity contribution in [2.45, 2.75) is 12.5 Å². The summed E-state index contributed by atoms with van der Waals surface area (Å²) in [7, 11) is 2.15. The van der Waals surface area contributed by atoms with Crippen LogP contribution in [0.1, 0.15) is 17.4 Å². The average Bonchev–Trinajstić information content (AvgIpc) is 3.23. The number of imidazole rings is 1. The smallest absolute Gasteiger partial charge is 0.129 e. The van der Waals surface area contributed by atoms with Gasteiger partial charge < -0.3 is 20.5 Å². The molecule has 2 aromatic heterocycles. The van der Waals surface area contributed by atoms with Crippen molar-refractivity contribution in [1.29, 1.82) is 0 Å². The van der Waals surface area contributed by atoms with Gasteiger partial charge in [0.05, 0.1) is 17.1 Å². The molecule has 0 saturated carbocycles. The standard InChI is InChI=1S/C25H27FN6/c1-31-9-11-32(12-10-31)24-16-19(7-8-28-24)18-5-6-22-23(15-18)30-25(29-22)21(27)14-17-3-2-4-20(26)13-17/h2-8,13,15-16,21H,9-12,14,27H2,1H3,(H,29,30). The molecule has 4 aromatic rings. The van der Waals surface area contributed by atoms with Gasteiger partial charge in [0.1, 0.15) is 17.5 Å². The molecule has 0 aliphatic carbocycles. The molecule has 164 valence electrons. The molecule has 0 spiro atoms. The Bertz CT molecular complexity index is 1230. The first-order valence-corrected chi connectivity index (χ1v) is 10.9. The van der Waals surface area contributed by atoms with Gasteiger partial charge in [0.2, 0.25) is 0 Å². The molecule has 1 saturated heterocycles. The number of rotatable bonds is 5. The lowest BCUT2D eigenvalue weighted by Gasteiger charge is -2.33. The van der Waals surface area contributed by atoms with E-state index in [1.165, 1.54) is 12.1 Å². The maximum absolute atomic E-state index is 13.5. The highest BCUT2D eigenvalue weighted by Gasteiger charge is 2.16. The Morgan fingerprint density at radius 3 is 2.66 bits per heavy atom. The number of pyridine rings is 1. The Hall–Kier alpha value is -3.29. The number of nitrogens with two attached hydrogens (primary N) is 1. The van der Waals surface area contributed by atoms with E-state index in [1.54, 1.807) is 6.07 Å². The fourth-order valence-electron chi connectivity index (χ4n) is 4.21. The van der Waals surface area contributed by atoms with E-state index >= 15 is 0 Å². The van der Waals surface area contributed by atoms with Crippen molar-refractivity contribution in [3.8, 4) is 11.1 Å². The SMILES string of the molecule is CN1CCN(c2cc(-c3ccc4nc(C(N)Cc5cccc(F)c5)[nH]c4c3)ccn2)CC1. The van der Waals surface area contributed by atoms with Crippen LogP contribution in [0.15, 0.2) is 60.8 Å². The average molecular weight is 431 g/mol. The Morgan fingerprint density at radius 1 is 1.03 bits per heavy atom. The van der Waals surface area contributed by atoms with Gasteiger partial charge in [-0.2, -0.15) is 0 Å². The number of nitrogens with zero attached hydrogens (tertiary/aromatic N) is 4. The number of aromatic nitrogens is 3. The fraction of sp³-hybridized carbons (Fsp3) is 0.280. The number of hydrogen-bond acceptors (Lipinski definition) is 5. The fourth-order valence-corrected chi connectivity index (χ4v) is 4.21. The van der Waals surface area contributed by atoms with Crippen LogP contribution in [0.5, 0.6) is 0 Å². The zero-order valence-electron chi connectivity index (χ0n) is 18.1. The highest BCUT2D eigenvalue weighted by Crippen LogP contribution is 2.27. The van der Waals surface area contributed by atoms with Gasteiger partial charge in [-0.25, -0.2) is 14.4 Å². The van der Waals surface area contributed by atoms with E-state index in [0.717, 1.165) is 59.7 Å². The molecule has 0 amide bonds. The second kappa shape index (κ2) is 8.68. The second-order valence-electron chi connectivity index (χ2n) is 8.49. The molecule has 1 unspecified atom stereocenters. The van der Waals surface area contributed by atoms with Gasteiger partial charge in [0.15, 0.2) is 0 Å². The monoisotopic (exact) mass is 430 g/mol. The molecule has 0 radical (unpaired) electrons. The first-order valence-electron chi connectivity index (χ1n) is 10.9. The summed E-state index contributed by atoms with van der Waals surface area (Å²) < 4.78 is 13.5. The minimum atomic E-state index is -0.336. The molecule has 2 aromatic carbocycles. The predicted molar refractivity (Wildman–Crippen MR) is 126 cm³/mol. The third-order valence-electron chi connectivity index (χ3n) is 6.10. The van der Waals surface area contributed by atoms with Crippen molar-refractivity contribution in [2.24, 2.45) is 5.73 Å². The summed E-state index contributed by atoms with van der Waals surface area (Å²) in [6.45, 7) is 4.06. The maximum atomic E-state index is 13.5. The Kier molecular flexibility index (Phi) is 5.59. The van der Waals surface area contributed by atoms with E-state index in [9.17, 15) is 4.39 Å². The zero-order chi connectivity index (χ0) is 22.1. The van der Waals surface area contributed by atoms with Crippen LogP contribution < -0.4 is 10.6 Å². The van der Waals surface area contributed by atoms with Crippen LogP contribution in [0.2, 0.25) is 0 Å². The third kappa shape index (κ3) is 4.35. The van der Waals surface area contributed by atoms with Gasteiger partial charge in [0.25, 0.3) is 0 Å². The molecule has 0 bridgehead atoms. The highest BCUT2D eigenvalue weighted by atomic mass is 19.1. The molecule has 3 N–H and O–H groups in total. The lowest BCUT2D eigenvalue weighted by Crippen LogP contribution is -2.44. The summed E-state index contributed by atoms with van der Waals surface area (Å²) in [5.74, 6) is 1.46. The lowest BCUT2D eigenvalue weighted by molar-refractivity contribution is 0.312.